The molecule has 1 unspecified atom stereocenters. The molecule has 100 valence electrons. The molecular formula is C15H16ClNOS. The molecule has 0 saturated carbocycles. The molecule has 0 amide bonds. The molecule has 2 rings (SSSR count). The second-order valence-corrected chi connectivity index (χ2v) is 5.95. The monoisotopic (exact) mass is 293 g/mol. The quantitative estimate of drug-likeness (QED) is 0.601. The van der Waals surface area contributed by atoms with E-state index in [2.05, 4.69) is 11.2 Å². The maximum atomic E-state index is 6.01. The van der Waals surface area contributed by atoms with Gasteiger partial charge in [-0.25, -0.2) is 0 Å². The molecule has 0 bridgehead atoms. The van der Waals surface area contributed by atoms with E-state index < -0.39 is 0 Å². The standard InChI is InChI=1S/C15H16ClNOS/c1-2-3-4-5-10-17-15(12-7-6-11-18-12)13-8-9-14(16)19-13/h1,6-9,11,15,17H,3-5,10H2. The number of thiophene rings is 1. The second kappa shape index (κ2) is 7.40. The number of unbranched alkanes of at least 4 members (excludes halogenated alkanes) is 2. The van der Waals surface area contributed by atoms with Crippen LogP contribution in [0.2, 0.25) is 4.34 Å². The number of hydrogen-bond acceptors (Lipinski definition) is 3. The lowest BCUT2D eigenvalue weighted by Crippen LogP contribution is -2.22. The van der Waals surface area contributed by atoms with Crippen molar-refractivity contribution in [3.8, 4) is 12.3 Å². The van der Waals surface area contributed by atoms with Crippen LogP contribution in [-0.2, 0) is 0 Å². The third kappa shape index (κ3) is 4.14. The van der Waals surface area contributed by atoms with E-state index in [0.29, 0.717) is 0 Å². The molecule has 0 spiro atoms. The summed E-state index contributed by atoms with van der Waals surface area (Å²) >= 11 is 7.58. The van der Waals surface area contributed by atoms with E-state index in [1.165, 1.54) is 0 Å². The summed E-state index contributed by atoms with van der Waals surface area (Å²) in [5.41, 5.74) is 0. The summed E-state index contributed by atoms with van der Waals surface area (Å²) in [4.78, 5) is 1.16. The van der Waals surface area contributed by atoms with Gasteiger partial charge >= 0.3 is 0 Å². The Bertz CT molecular complexity index is 527. The molecule has 2 nitrogen and oxygen atoms in total. The first-order valence-corrected chi connectivity index (χ1v) is 7.46. The smallest absolute Gasteiger partial charge is 0.126 e. The third-order valence-electron chi connectivity index (χ3n) is 2.80. The normalized spacial score (nSPS) is 12.2. The zero-order chi connectivity index (χ0) is 13.5. The molecule has 1 N–H and O–H groups in total. The fourth-order valence-corrected chi connectivity index (χ4v) is 3.02. The van der Waals surface area contributed by atoms with Gasteiger partial charge in [-0.15, -0.1) is 23.7 Å². The molecular weight excluding hydrogens is 278 g/mol. The lowest BCUT2D eigenvalue weighted by Gasteiger charge is -2.14. The summed E-state index contributed by atoms with van der Waals surface area (Å²) in [5, 5.41) is 3.50. The maximum Gasteiger partial charge on any atom is 0.126 e. The number of furan rings is 1. The summed E-state index contributed by atoms with van der Waals surface area (Å²) in [6, 6.07) is 7.90. The first kappa shape index (κ1) is 14.2. The predicted molar refractivity (Wildman–Crippen MR) is 80.6 cm³/mol. The van der Waals surface area contributed by atoms with E-state index in [9.17, 15) is 0 Å². The summed E-state index contributed by atoms with van der Waals surface area (Å²) in [6.45, 7) is 0.905. The Hall–Kier alpha value is -1.21. The van der Waals surface area contributed by atoms with E-state index in [-0.39, 0.29) is 6.04 Å². The summed E-state index contributed by atoms with van der Waals surface area (Å²) in [5.74, 6) is 3.57. The number of halogens is 1. The van der Waals surface area contributed by atoms with Crippen molar-refractivity contribution in [2.45, 2.75) is 25.3 Å². The minimum absolute atomic E-state index is 0.0679. The van der Waals surface area contributed by atoms with E-state index >= 15 is 0 Å². The lowest BCUT2D eigenvalue weighted by atomic mass is 10.1. The molecule has 0 saturated heterocycles. The Kier molecular flexibility index (Phi) is 5.53. The molecule has 0 aromatic carbocycles. The molecule has 2 heterocycles. The Morgan fingerprint density at radius 3 is 2.89 bits per heavy atom. The maximum absolute atomic E-state index is 6.01. The van der Waals surface area contributed by atoms with Crippen molar-refractivity contribution in [3.05, 3.63) is 45.5 Å². The highest BCUT2D eigenvalue weighted by Gasteiger charge is 2.17. The van der Waals surface area contributed by atoms with Crippen LogP contribution in [0.25, 0.3) is 0 Å². The van der Waals surface area contributed by atoms with Gasteiger partial charge in [0.05, 0.1) is 10.6 Å². The molecule has 4 heteroatoms. The van der Waals surface area contributed by atoms with Crippen LogP contribution in [0.15, 0.2) is 34.9 Å². The van der Waals surface area contributed by atoms with Gasteiger partial charge in [0.15, 0.2) is 0 Å². The summed E-state index contributed by atoms with van der Waals surface area (Å²) in [7, 11) is 0. The van der Waals surface area contributed by atoms with Crippen molar-refractivity contribution in [1.29, 1.82) is 0 Å². The SMILES string of the molecule is C#CCCCCNC(c1ccco1)c1ccc(Cl)s1. The van der Waals surface area contributed by atoms with Gasteiger partial charge in [-0.2, -0.15) is 0 Å². The van der Waals surface area contributed by atoms with E-state index in [1.54, 1.807) is 17.6 Å². The van der Waals surface area contributed by atoms with Crippen LogP contribution >= 0.6 is 22.9 Å². The number of rotatable bonds is 7. The van der Waals surface area contributed by atoms with Gasteiger partial charge < -0.3 is 9.73 Å². The highest BCUT2D eigenvalue weighted by Crippen LogP contribution is 2.31. The molecule has 0 fully saturated rings. The molecule has 2 aromatic heterocycles. The zero-order valence-electron chi connectivity index (χ0n) is 10.6. The van der Waals surface area contributed by atoms with Gasteiger partial charge in [0.1, 0.15) is 11.8 Å². The Morgan fingerprint density at radius 1 is 1.37 bits per heavy atom. The minimum atomic E-state index is 0.0679. The number of hydrogen-bond donors (Lipinski definition) is 1. The van der Waals surface area contributed by atoms with E-state index in [0.717, 1.165) is 40.8 Å². The molecule has 0 aliphatic rings. The summed E-state index contributed by atoms with van der Waals surface area (Å²) in [6.07, 6.45) is 9.86. The van der Waals surface area contributed by atoms with Crippen molar-refractivity contribution in [2.24, 2.45) is 0 Å². The molecule has 0 radical (unpaired) electrons. The largest absolute Gasteiger partial charge is 0.467 e. The Morgan fingerprint density at radius 2 is 2.26 bits per heavy atom. The number of terminal acetylenes is 1. The molecule has 2 aromatic rings. The first-order chi connectivity index (χ1) is 9.31. The zero-order valence-corrected chi connectivity index (χ0v) is 12.1. The Labute approximate surface area is 122 Å². The van der Waals surface area contributed by atoms with Gasteiger partial charge in [-0.05, 0) is 43.7 Å². The molecule has 0 aliphatic heterocycles. The molecule has 19 heavy (non-hydrogen) atoms. The molecule has 0 aliphatic carbocycles. The molecule has 1 atom stereocenters. The fraction of sp³-hybridized carbons (Fsp3) is 0.333. The van der Waals surface area contributed by atoms with Gasteiger partial charge in [-0.3, -0.25) is 0 Å². The van der Waals surface area contributed by atoms with Crippen LogP contribution < -0.4 is 5.32 Å². The van der Waals surface area contributed by atoms with Crippen molar-refractivity contribution < 1.29 is 4.42 Å². The van der Waals surface area contributed by atoms with Crippen molar-refractivity contribution >= 4 is 22.9 Å². The van der Waals surface area contributed by atoms with Crippen LogP contribution in [-0.4, -0.2) is 6.54 Å². The van der Waals surface area contributed by atoms with E-state index in [1.807, 2.05) is 24.3 Å². The average Bonchev–Trinajstić information content (AvgIpc) is 3.05. The summed E-state index contributed by atoms with van der Waals surface area (Å²) < 4.78 is 6.30. The predicted octanol–water partition coefficient (Wildman–Crippen LogP) is 4.48. The van der Waals surface area contributed by atoms with Gasteiger partial charge in [0.25, 0.3) is 0 Å². The topological polar surface area (TPSA) is 25.2 Å². The van der Waals surface area contributed by atoms with Crippen molar-refractivity contribution in [1.82, 2.24) is 5.32 Å². The van der Waals surface area contributed by atoms with Crippen LogP contribution in [0, 0.1) is 12.3 Å². The Balaban J connectivity index is 1.98. The van der Waals surface area contributed by atoms with Gasteiger partial charge in [0, 0.05) is 11.3 Å². The van der Waals surface area contributed by atoms with Gasteiger partial charge in [0.2, 0.25) is 0 Å². The highest BCUT2D eigenvalue weighted by molar-refractivity contribution is 7.16. The first-order valence-electron chi connectivity index (χ1n) is 6.26. The van der Waals surface area contributed by atoms with Crippen molar-refractivity contribution in [3.63, 3.8) is 0 Å². The van der Waals surface area contributed by atoms with Crippen LogP contribution in [0.5, 0.6) is 0 Å². The van der Waals surface area contributed by atoms with Crippen LogP contribution in [0.4, 0.5) is 0 Å². The average molecular weight is 294 g/mol. The lowest BCUT2D eigenvalue weighted by molar-refractivity contribution is 0.446. The van der Waals surface area contributed by atoms with Gasteiger partial charge in [-0.1, -0.05) is 11.6 Å². The van der Waals surface area contributed by atoms with Crippen LogP contribution in [0.3, 0.4) is 0 Å². The van der Waals surface area contributed by atoms with Crippen molar-refractivity contribution in [2.75, 3.05) is 6.54 Å². The third-order valence-corrected chi connectivity index (χ3v) is 4.10. The minimum Gasteiger partial charge on any atom is -0.467 e. The second-order valence-electron chi connectivity index (χ2n) is 4.21. The van der Waals surface area contributed by atoms with Crippen LogP contribution in [0.1, 0.15) is 35.9 Å². The number of nitrogens with one attached hydrogen (secondary N) is 1. The fourth-order valence-electron chi connectivity index (χ4n) is 1.88. The van der Waals surface area contributed by atoms with E-state index in [4.69, 9.17) is 22.4 Å². The highest BCUT2D eigenvalue weighted by atomic mass is 35.5.